The highest BCUT2D eigenvalue weighted by Gasteiger charge is 2.52. The summed E-state index contributed by atoms with van der Waals surface area (Å²) in [5.74, 6) is -0.457. The van der Waals surface area contributed by atoms with Crippen molar-refractivity contribution < 1.29 is 51.9 Å². The molecule has 0 saturated carbocycles. The van der Waals surface area contributed by atoms with E-state index in [2.05, 4.69) is 145 Å². The Morgan fingerprint density at radius 2 is 0.929 bits per heavy atom. The lowest BCUT2D eigenvalue weighted by Gasteiger charge is -2.44. The van der Waals surface area contributed by atoms with Gasteiger partial charge in [0.05, 0.1) is 32.0 Å². The zero-order valence-corrected chi connectivity index (χ0v) is 46.4. The second-order valence-electron chi connectivity index (χ2n) is 19.9. The van der Waals surface area contributed by atoms with Crippen molar-refractivity contribution in [2.75, 3.05) is 68.5 Å². The van der Waals surface area contributed by atoms with E-state index in [-0.39, 0.29) is 66.9 Å². The SMILES string of the molecule is C=CCCCCC(=O)OC[C@@H](C)[C@H](OCOC)[C@H](CO[Si](c1ccccc1)(c1ccccc1)C(C)(C)C)OC.COCO[C@@H]([C@H](C)CO)[C@H](CO[Si](c1ccccc1)(c1ccccc1)C(C)(C)C)OC. The van der Waals surface area contributed by atoms with E-state index in [9.17, 15) is 9.90 Å². The highest BCUT2D eigenvalue weighted by atomic mass is 28.4. The van der Waals surface area contributed by atoms with E-state index in [1.54, 1.807) is 28.4 Å². The van der Waals surface area contributed by atoms with Crippen LogP contribution in [0.1, 0.15) is 81.1 Å². The van der Waals surface area contributed by atoms with Crippen molar-refractivity contribution in [2.24, 2.45) is 11.8 Å². The minimum absolute atomic E-state index is 0.00649. The van der Waals surface area contributed by atoms with Gasteiger partial charge in [-0.3, -0.25) is 4.79 Å². The van der Waals surface area contributed by atoms with Crippen LogP contribution in [0.2, 0.25) is 10.1 Å². The number of rotatable bonds is 30. The first-order chi connectivity index (χ1) is 33.5. The molecule has 0 fully saturated rings. The minimum atomic E-state index is -2.76. The molecule has 0 radical (unpaired) electrons. The van der Waals surface area contributed by atoms with E-state index in [1.165, 1.54) is 20.7 Å². The van der Waals surface area contributed by atoms with E-state index in [4.69, 9.17) is 42.0 Å². The Balaban J connectivity index is 0.000000380. The fourth-order valence-corrected chi connectivity index (χ4v) is 18.3. The quantitative estimate of drug-likeness (QED) is 0.0178. The molecule has 4 aromatic rings. The number of allylic oxidation sites excluding steroid dienone is 1. The van der Waals surface area contributed by atoms with Crippen molar-refractivity contribution in [1.82, 2.24) is 0 Å². The molecule has 0 unspecified atom stereocenters. The van der Waals surface area contributed by atoms with Gasteiger partial charge in [0.25, 0.3) is 16.6 Å². The van der Waals surface area contributed by atoms with E-state index in [0.29, 0.717) is 19.6 Å². The van der Waals surface area contributed by atoms with Gasteiger partial charge in [-0.25, -0.2) is 0 Å². The molecule has 0 amide bonds. The summed E-state index contributed by atoms with van der Waals surface area (Å²) in [7, 11) is 1.06. The molecule has 388 valence electrons. The van der Waals surface area contributed by atoms with Gasteiger partial charge >= 0.3 is 5.97 Å². The van der Waals surface area contributed by atoms with Crippen LogP contribution in [0.3, 0.4) is 0 Å². The second-order valence-corrected chi connectivity index (χ2v) is 28.5. The molecular weight excluding hydrogens is 917 g/mol. The molecule has 6 atom stereocenters. The van der Waals surface area contributed by atoms with Crippen molar-refractivity contribution in [1.29, 1.82) is 0 Å². The first kappa shape index (κ1) is 60.5. The average molecular weight is 1000 g/mol. The van der Waals surface area contributed by atoms with Crippen LogP contribution in [-0.2, 0) is 46.8 Å². The lowest BCUT2D eigenvalue weighted by molar-refractivity contribution is -0.162. The lowest BCUT2D eigenvalue weighted by atomic mass is 10.0. The smallest absolute Gasteiger partial charge is 0.305 e. The van der Waals surface area contributed by atoms with Crippen molar-refractivity contribution in [3.05, 3.63) is 134 Å². The zero-order valence-electron chi connectivity index (χ0n) is 44.4. The molecule has 11 nitrogen and oxygen atoms in total. The monoisotopic (exact) mass is 1000 g/mol. The van der Waals surface area contributed by atoms with Crippen molar-refractivity contribution in [2.45, 2.75) is 116 Å². The molecule has 0 bridgehead atoms. The summed E-state index contributed by atoms with van der Waals surface area (Å²) in [6.45, 7) is 22.3. The van der Waals surface area contributed by atoms with E-state index < -0.39 is 28.8 Å². The Morgan fingerprint density at radius 1 is 0.571 bits per heavy atom. The van der Waals surface area contributed by atoms with Gasteiger partial charge in [-0.2, -0.15) is 0 Å². The van der Waals surface area contributed by atoms with Crippen LogP contribution in [0.15, 0.2) is 134 Å². The molecule has 0 heterocycles. The maximum absolute atomic E-state index is 12.3. The molecular formula is C57H86O11Si2. The number of hydrogen-bond donors (Lipinski definition) is 1. The third-order valence-electron chi connectivity index (χ3n) is 12.8. The summed E-state index contributed by atoms with van der Waals surface area (Å²) in [4.78, 5) is 12.3. The van der Waals surface area contributed by atoms with Crippen LogP contribution < -0.4 is 20.7 Å². The van der Waals surface area contributed by atoms with Crippen LogP contribution in [-0.4, -0.2) is 121 Å². The number of carbonyl (C=O) groups excluding carboxylic acids is 1. The van der Waals surface area contributed by atoms with Gasteiger partial charge in [-0.1, -0.05) is 183 Å². The number of aliphatic hydroxyl groups excluding tert-OH is 1. The van der Waals surface area contributed by atoms with Gasteiger partial charge in [0.1, 0.15) is 25.8 Å². The first-order valence-corrected chi connectivity index (χ1v) is 28.5. The van der Waals surface area contributed by atoms with Crippen LogP contribution in [0, 0.1) is 11.8 Å². The molecule has 0 saturated heterocycles. The number of aliphatic hydroxyl groups is 1. The maximum Gasteiger partial charge on any atom is 0.305 e. The van der Waals surface area contributed by atoms with Gasteiger partial charge in [0.15, 0.2) is 0 Å². The fraction of sp³-hybridized carbons (Fsp3) is 0.526. The van der Waals surface area contributed by atoms with Crippen molar-refractivity contribution in [3.63, 3.8) is 0 Å². The van der Waals surface area contributed by atoms with Crippen LogP contribution in [0.5, 0.6) is 0 Å². The molecule has 0 aromatic heterocycles. The van der Waals surface area contributed by atoms with Crippen LogP contribution in [0.25, 0.3) is 0 Å². The predicted octanol–water partition coefficient (Wildman–Crippen LogP) is 8.69. The lowest BCUT2D eigenvalue weighted by Crippen LogP contribution is -2.67. The van der Waals surface area contributed by atoms with Crippen molar-refractivity contribution >= 4 is 43.4 Å². The molecule has 0 aliphatic carbocycles. The Hall–Kier alpha value is -3.84. The van der Waals surface area contributed by atoms with Crippen LogP contribution >= 0.6 is 0 Å². The average Bonchev–Trinajstić information content (AvgIpc) is 3.36. The Kier molecular flexibility index (Phi) is 26.7. The summed E-state index contributed by atoms with van der Waals surface area (Å²) in [5, 5.41) is 14.3. The van der Waals surface area contributed by atoms with E-state index >= 15 is 0 Å². The second kappa shape index (κ2) is 30.9. The Labute approximate surface area is 423 Å². The summed E-state index contributed by atoms with van der Waals surface area (Å²) in [6.07, 6.45) is 3.38. The third-order valence-corrected chi connectivity index (χ3v) is 22.8. The van der Waals surface area contributed by atoms with Crippen LogP contribution in [0.4, 0.5) is 0 Å². The largest absolute Gasteiger partial charge is 0.465 e. The van der Waals surface area contributed by atoms with Gasteiger partial charge in [0.2, 0.25) is 0 Å². The normalized spacial score (nSPS) is 14.9. The molecule has 13 heteroatoms. The zero-order chi connectivity index (χ0) is 51.6. The van der Waals surface area contributed by atoms with Gasteiger partial charge in [-0.15, -0.1) is 6.58 Å². The van der Waals surface area contributed by atoms with Gasteiger partial charge in [0, 0.05) is 53.3 Å². The summed E-state index contributed by atoms with van der Waals surface area (Å²) < 4.78 is 53.8. The summed E-state index contributed by atoms with van der Waals surface area (Å²) in [6, 6.07) is 42.0. The standard InChI is InChI=1S/C32H48O6Si.C25H38O5Si/c1-8-9-10-17-22-30(33)36-23-26(2)31(37-25-34-6)29(35-7)24-38-39(32(3,4)5,27-18-13-11-14-19-27)28-20-15-12-16-21-28;1-20(17-26)24(29-19-27-5)23(28-6)18-30-31(25(2,3)4,21-13-9-7-10-14-21)22-15-11-8-12-16-22/h8,11-16,18-21,26,29,31H,1,9-10,17,22-25H2,2-7H3;7-16,20,23-24,26H,17-19H2,1-6H3/t26-,29+,31+;20-,23+,24+/m11/s1. The highest BCUT2D eigenvalue weighted by Crippen LogP contribution is 2.38. The number of esters is 1. The maximum atomic E-state index is 12.3. The topological polar surface area (TPSA) is 120 Å². The molecule has 1 N–H and O–H groups in total. The summed E-state index contributed by atoms with van der Waals surface area (Å²) >= 11 is 0. The van der Waals surface area contributed by atoms with Gasteiger partial charge in [-0.05, 0) is 50.1 Å². The number of ether oxygens (including phenoxy) is 7. The summed E-state index contributed by atoms with van der Waals surface area (Å²) in [5.41, 5.74) is 0. The fourth-order valence-electron chi connectivity index (χ4n) is 9.15. The number of unbranched alkanes of at least 4 members (excludes halogenated alkanes) is 2. The number of benzene rings is 4. The predicted molar refractivity (Wildman–Crippen MR) is 287 cm³/mol. The molecule has 4 aromatic carbocycles. The Morgan fingerprint density at radius 3 is 1.23 bits per heavy atom. The molecule has 0 aliphatic heterocycles. The molecule has 0 aliphatic rings. The number of hydrogen-bond acceptors (Lipinski definition) is 11. The molecule has 4 rings (SSSR count). The van der Waals surface area contributed by atoms with E-state index in [1.807, 2.05) is 44.2 Å². The Bertz CT molecular complexity index is 1920. The molecule has 0 spiro atoms. The highest BCUT2D eigenvalue weighted by molar-refractivity contribution is 7.00. The van der Waals surface area contributed by atoms with Crippen molar-refractivity contribution in [3.8, 4) is 0 Å². The molecule has 70 heavy (non-hydrogen) atoms. The van der Waals surface area contributed by atoms with E-state index in [0.717, 1.165) is 19.3 Å². The number of methoxy groups -OCH3 is 4. The minimum Gasteiger partial charge on any atom is -0.465 e. The number of carbonyl (C=O) groups is 1. The third kappa shape index (κ3) is 16.9. The van der Waals surface area contributed by atoms with Gasteiger partial charge < -0.3 is 47.1 Å². The first-order valence-electron chi connectivity index (χ1n) is 24.7.